The van der Waals surface area contributed by atoms with Crippen molar-refractivity contribution in [1.82, 2.24) is 30.1 Å². The number of carbonyl (C=O) groups is 1. The van der Waals surface area contributed by atoms with E-state index in [1.807, 2.05) is 35.4 Å². The van der Waals surface area contributed by atoms with Gasteiger partial charge in [-0.2, -0.15) is 5.10 Å². The van der Waals surface area contributed by atoms with Gasteiger partial charge >= 0.3 is 0 Å². The number of aromatic amines is 1. The van der Waals surface area contributed by atoms with Crippen molar-refractivity contribution in [2.24, 2.45) is 5.92 Å². The highest BCUT2D eigenvalue weighted by molar-refractivity contribution is 5.79. The second-order valence-electron chi connectivity index (χ2n) is 6.82. The molecule has 1 aliphatic rings. The van der Waals surface area contributed by atoms with Crippen molar-refractivity contribution in [1.29, 1.82) is 0 Å². The van der Waals surface area contributed by atoms with Gasteiger partial charge in [-0.1, -0.05) is 17.3 Å². The van der Waals surface area contributed by atoms with Crippen LogP contribution in [0.5, 0.6) is 0 Å². The number of nitrogens with zero attached hydrogens (tertiary/aromatic N) is 5. The van der Waals surface area contributed by atoms with Gasteiger partial charge in [-0.15, -0.1) is 5.10 Å². The van der Waals surface area contributed by atoms with E-state index in [-0.39, 0.29) is 12.5 Å². The zero-order valence-corrected chi connectivity index (χ0v) is 14.4. The predicted octanol–water partition coefficient (Wildman–Crippen LogP) is 1.94. The zero-order valence-electron chi connectivity index (χ0n) is 14.4. The molecule has 0 aliphatic carbocycles. The molecule has 0 unspecified atom stereocenters. The van der Waals surface area contributed by atoms with Crippen LogP contribution in [0.1, 0.15) is 24.1 Å². The van der Waals surface area contributed by atoms with Gasteiger partial charge in [-0.3, -0.25) is 9.89 Å². The lowest BCUT2D eigenvalue weighted by molar-refractivity contribution is -0.133. The van der Waals surface area contributed by atoms with E-state index in [0.717, 1.165) is 43.4 Å². The molecule has 1 N–H and O–H groups in total. The molecule has 0 radical (unpaired) electrons. The van der Waals surface area contributed by atoms with Crippen molar-refractivity contribution in [3.8, 4) is 0 Å². The van der Waals surface area contributed by atoms with Crippen molar-refractivity contribution < 1.29 is 4.79 Å². The molecule has 1 fully saturated rings. The van der Waals surface area contributed by atoms with Gasteiger partial charge in [-0.25, -0.2) is 4.68 Å². The molecule has 130 valence electrons. The lowest BCUT2D eigenvalue weighted by Gasteiger charge is -2.32. The molecular weight excluding hydrogens is 316 g/mol. The third-order valence-electron chi connectivity index (χ3n) is 5.00. The molecule has 1 aromatic carbocycles. The maximum atomic E-state index is 12.7. The summed E-state index contributed by atoms with van der Waals surface area (Å²) in [7, 11) is 0. The maximum absolute atomic E-state index is 12.7. The first-order chi connectivity index (χ1) is 12.2. The summed E-state index contributed by atoms with van der Waals surface area (Å²) in [4.78, 5) is 14.7. The molecule has 1 saturated heterocycles. The molecule has 1 amide bonds. The van der Waals surface area contributed by atoms with Crippen LogP contribution in [0, 0.1) is 12.8 Å². The van der Waals surface area contributed by atoms with Gasteiger partial charge in [0.25, 0.3) is 0 Å². The van der Waals surface area contributed by atoms with Crippen LogP contribution in [0.4, 0.5) is 0 Å². The molecule has 7 nitrogen and oxygen atoms in total. The Morgan fingerprint density at radius 2 is 2.24 bits per heavy atom. The molecule has 0 bridgehead atoms. The molecule has 7 heteroatoms. The zero-order chi connectivity index (χ0) is 17.2. The van der Waals surface area contributed by atoms with Crippen molar-refractivity contribution in [2.45, 2.75) is 32.7 Å². The van der Waals surface area contributed by atoms with Gasteiger partial charge in [0, 0.05) is 18.8 Å². The first-order valence-electron chi connectivity index (χ1n) is 8.75. The average Bonchev–Trinajstić information content (AvgIpc) is 3.22. The quantitative estimate of drug-likeness (QED) is 0.788. The summed E-state index contributed by atoms with van der Waals surface area (Å²) in [6, 6.07) is 7.72. The minimum Gasteiger partial charge on any atom is -0.341 e. The van der Waals surface area contributed by atoms with Crippen LogP contribution in [0.2, 0.25) is 0 Å². The highest BCUT2D eigenvalue weighted by Crippen LogP contribution is 2.22. The monoisotopic (exact) mass is 338 g/mol. The van der Waals surface area contributed by atoms with E-state index < -0.39 is 0 Å². The Morgan fingerprint density at radius 1 is 1.36 bits per heavy atom. The minimum atomic E-state index is 0.113. The fraction of sp³-hybridized carbons (Fsp3) is 0.444. The molecule has 1 atom stereocenters. The van der Waals surface area contributed by atoms with E-state index in [1.165, 1.54) is 11.3 Å². The van der Waals surface area contributed by atoms with Gasteiger partial charge in [0.05, 0.1) is 11.7 Å². The van der Waals surface area contributed by atoms with E-state index in [4.69, 9.17) is 0 Å². The van der Waals surface area contributed by atoms with Gasteiger partial charge in [-0.05, 0) is 49.8 Å². The van der Waals surface area contributed by atoms with Gasteiger partial charge < -0.3 is 4.90 Å². The summed E-state index contributed by atoms with van der Waals surface area (Å²) in [6.07, 6.45) is 5.00. The first kappa shape index (κ1) is 15.8. The Hall–Kier alpha value is -2.70. The molecule has 0 spiro atoms. The molecule has 0 saturated carbocycles. The third-order valence-corrected chi connectivity index (χ3v) is 5.00. The van der Waals surface area contributed by atoms with Crippen LogP contribution >= 0.6 is 0 Å². The molecule has 3 aromatic rings. The highest BCUT2D eigenvalue weighted by Gasteiger charge is 2.25. The van der Waals surface area contributed by atoms with E-state index in [1.54, 1.807) is 4.68 Å². The normalized spacial score (nSPS) is 18.0. The van der Waals surface area contributed by atoms with Crippen molar-refractivity contribution in [3.05, 3.63) is 41.7 Å². The fourth-order valence-corrected chi connectivity index (χ4v) is 3.59. The van der Waals surface area contributed by atoms with Crippen molar-refractivity contribution in [2.75, 3.05) is 13.1 Å². The number of hydrogen-bond acceptors (Lipinski definition) is 4. The van der Waals surface area contributed by atoms with E-state index in [9.17, 15) is 4.79 Å². The number of hydrogen-bond donors (Lipinski definition) is 1. The molecule has 1 aliphatic heterocycles. The Labute approximate surface area is 146 Å². The maximum Gasteiger partial charge on any atom is 0.244 e. The minimum absolute atomic E-state index is 0.113. The Balaban J connectivity index is 1.42. The number of H-pyrrole nitrogens is 1. The molecule has 25 heavy (non-hydrogen) atoms. The summed E-state index contributed by atoms with van der Waals surface area (Å²) in [6.45, 7) is 3.94. The van der Waals surface area contributed by atoms with Crippen molar-refractivity contribution in [3.63, 3.8) is 0 Å². The lowest BCUT2D eigenvalue weighted by atomic mass is 9.92. The number of aryl methyl sites for hydroxylation is 1. The number of benzene rings is 1. The van der Waals surface area contributed by atoms with Crippen LogP contribution in [0.25, 0.3) is 11.0 Å². The number of aromatic nitrogens is 5. The lowest BCUT2D eigenvalue weighted by Crippen LogP contribution is -2.42. The number of piperidine rings is 1. The number of amides is 1. The fourth-order valence-electron chi connectivity index (χ4n) is 3.59. The molecule has 4 rings (SSSR count). The third kappa shape index (κ3) is 3.26. The summed E-state index contributed by atoms with van der Waals surface area (Å²) in [5.74, 6) is 0.589. The largest absolute Gasteiger partial charge is 0.341 e. The van der Waals surface area contributed by atoms with Crippen LogP contribution in [0.3, 0.4) is 0 Å². The topological polar surface area (TPSA) is 79.7 Å². The summed E-state index contributed by atoms with van der Waals surface area (Å²) in [5.41, 5.74) is 4.10. The number of rotatable bonds is 4. The van der Waals surface area contributed by atoms with Gasteiger partial charge in [0.2, 0.25) is 5.91 Å². The molecule has 2 aromatic heterocycles. The Bertz CT molecular complexity index is 882. The van der Waals surface area contributed by atoms with E-state index in [0.29, 0.717) is 5.92 Å². The van der Waals surface area contributed by atoms with Crippen LogP contribution in [0.15, 0.2) is 30.5 Å². The summed E-state index contributed by atoms with van der Waals surface area (Å²) in [5, 5.41) is 15.4. The smallest absolute Gasteiger partial charge is 0.244 e. The summed E-state index contributed by atoms with van der Waals surface area (Å²) >= 11 is 0. The second kappa shape index (κ2) is 6.66. The number of para-hydroxylation sites is 1. The molecular formula is C18H22N6O. The van der Waals surface area contributed by atoms with Crippen LogP contribution in [-0.4, -0.2) is 49.1 Å². The number of carbonyl (C=O) groups excluding carboxylic acids is 1. The van der Waals surface area contributed by atoms with Gasteiger partial charge in [0.1, 0.15) is 12.1 Å². The second-order valence-corrected chi connectivity index (χ2v) is 6.82. The number of fused-ring (bicyclic) bond motifs is 1. The number of nitrogens with one attached hydrogen (secondary N) is 1. The standard InChI is InChI=1S/C18H22N6O/c1-13-10-19-20-16(13)9-14-5-4-8-23(11-14)18(25)12-24-17-7-3-2-6-15(17)21-22-24/h2-3,6-7,10,14H,4-5,8-9,11-12H2,1H3,(H,19,20)/t14-/m1/s1. The summed E-state index contributed by atoms with van der Waals surface area (Å²) < 4.78 is 1.69. The van der Waals surface area contributed by atoms with Crippen LogP contribution < -0.4 is 0 Å². The van der Waals surface area contributed by atoms with Gasteiger partial charge in [0.15, 0.2) is 0 Å². The SMILES string of the molecule is Cc1cn[nH]c1C[C@H]1CCCN(C(=O)Cn2nnc3ccccc32)C1. The van der Waals surface area contributed by atoms with E-state index >= 15 is 0 Å². The Morgan fingerprint density at radius 3 is 3.08 bits per heavy atom. The Kier molecular flexibility index (Phi) is 4.21. The predicted molar refractivity (Wildman–Crippen MR) is 93.9 cm³/mol. The first-order valence-corrected chi connectivity index (χ1v) is 8.75. The number of likely N-dealkylation sites (tertiary alicyclic amines) is 1. The highest BCUT2D eigenvalue weighted by atomic mass is 16.2. The average molecular weight is 338 g/mol. The van der Waals surface area contributed by atoms with E-state index in [2.05, 4.69) is 27.4 Å². The molecule has 3 heterocycles. The van der Waals surface area contributed by atoms with Crippen molar-refractivity contribution >= 4 is 16.9 Å². The van der Waals surface area contributed by atoms with Crippen LogP contribution in [-0.2, 0) is 17.8 Å².